The van der Waals surface area contributed by atoms with E-state index >= 15 is 0 Å². The predicted molar refractivity (Wildman–Crippen MR) is 80.4 cm³/mol. The van der Waals surface area contributed by atoms with Gasteiger partial charge in [0, 0.05) is 22.9 Å². The number of nitrogens with zero attached hydrogens (tertiary/aromatic N) is 1. The van der Waals surface area contributed by atoms with Crippen LogP contribution >= 0.6 is 0 Å². The van der Waals surface area contributed by atoms with Gasteiger partial charge in [-0.3, -0.25) is 5.10 Å². The van der Waals surface area contributed by atoms with E-state index in [4.69, 9.17) is 10.5 Å². The van der Waals surface area contributed by atoms with E-state index in [-0.39, 0.29) is 0 Å². The molecule has 0 unspecified atom stereocenters. The van der Waals surface area contributed by atoms with Crippen LogP contribution in [0.15, 0.2) is 54.6 Å². The van der Waals surface area contributed by atoms with Gasteiger partial charge in [-0.1, -0.05) is 30.3 Å². The Balaban J connectivity index is 2.02. The van der Waals surface area contributed by atoms with E-state index < -0.39 is 0 Å². The number of aromatic amines is 1. The lowest BCUT2D eigenvalue weighted by atomic mass is 10.1. The van der Waals surface area contributed by atoms with Crippen LogP contribution in [0.3, 0.4) is 0 Å². The molecular weight excluding hydrogens is 250 g/mol. The summed E-state index contributed by atoms with van der Waals surface area (Å²) in [6, 6.07) is 17.6. The minimum atomic E-state index is 0.674. The lowest BCUT2D eigenvalue weighted by Gasteiger charge is -2.07. The third-order valence-electron chi connectivity index (χ3n) is 3.16. The maximum absolute atomic E-state index is 5.77. The van der Waals surface area contributed by atoms with E-state index in [0.29, 0.717) is 5.69 Å². The molecular formula is C16H15N3O. The van der Waals surface area contributed by atoms with E-state index in [9.17, 15) is 0 Å². The molecule has 1 heterocycles. The number of benzene rings is 2. The van der Waals surface area contributed by atoms with Gasteiger partial charge in [-0.15, -0.1) is 0 Å². The van der Waals surface area contributed by atoms with Crippen LogP contribution in [0, 0.1) is 0 Å². The highest BCUT2D eigenvalue weighted by Crippen LogP contribution is 2.32. The van der Waals surface area contributed by atoms with Crippen molar-refractivity contribution in [2.45, 2.75) is 0 Å². The van der Waals surface area contributed by atoms with Crippen molar-refractivity contribution >= 4 is 5.69 Å². The zero-order valence-corrected chi connectivity index (χ0v) is 11.1. The summed E-state index contributed by atoms with van der Waals surface area (Å²) in [6.45, 7) is 0. The van der Waals surface area contributed by atoms with Gasteiger partial charge in [0.1, 0.15) is 5.75 Å². The summed E-state index contributed by atoms with van der Waals surface area (Å²) in [5.41, 5.74) is 10.3. The maximum atomic E-state index is 5.77. The SMILES string of the molecule is COc1cc(N)ccc1-c1cc(-c2ccccc2)n[nH]1. The van der Waals surface area contributed by atoms with Crippen LogP contribution in [0.2, 0.25) is 0 Å². The molecule has 0 aliphatic heterocycles. The molecule has 4 heteroatoms. The van der Waals surface area contributed by atoms with Gasteiger partial charge in [0.25, 0.3) is 0 Å². The van der Waals surface area contributed by atoms with Crippen molar-refractivity contribution in [3.8, 4) is 28.3 Å². The monoisotopic (exact) mass is 265 g/mol. The average molecular weight is 265 g/mol. The molecule has 0 atom stereocenters. The topological polar surface area (TPSA) is 63.9 Å². The molecule has 0 aliphatic carbocycles. The van der Waals surface area contributed by atoms with Crippen LogP contribution in [0.25, 0.3) is 22.5 Å². The Kier molecular flexibility index (Phi) is 3.13. The number of aromatic nitrogens is 2. The third-order valence-corrected chi connectivity index (χ3v) is 3.16. The fourth-order valence-corrected chi connectivity index (χ4v) is 2.15. The first-order chi connectivity index (χ1) is 9.78. The second-order valence-corrected chi connectivity index (χ2v) is 4.49. The zero-order valence-electron chi connectivity index (χ0n) is 11.1. The lowest BCUT2D eigenvalue weighted by molar-refractivity contribution is 0.416. The number of hydrogen-bond donors (Lipinski definition) is 2. The van der Waals surface area contributed by atoms with Crippen molar-refractivity contribution in [3.05, 3.63) is 54.6 Å². The highest BCUT2D eigenvalue weighted by molar-refractivity contribution is 5.74. The largest absolute Gasteiger partial charge is 0.496 e. The first-order valence-electron chi connectivity index (χ1n) is 6.32. The summed E-state index contributed by atoms with van der Waals surface area (Å²) in [6.07, 6.45) is 0. The molecule has 0 aliphatic rings. The Morgan fingerprint density at radius 3 is 2.60 bits per heavy atom. The van der Waals surface area contributed by atoms with E-state index in [1.54, 1.807) is 13.2 Å². The van der Waals surface area contributed by atoms with Crippen LogP contribution in [0.4, 0.5) is 5.69 Å². The normalized spacial score (nSPS) is 10.4. The van der Waals surface area contributed by atoms with Gasteiger partial charge in [-0.05, 0) is 18.2 Å². The van der Waals surface area contributed by atoms with Crippen molar-refractivity contribution in [1.82, 2.24) is 10.2 Å². The van der Waals surface area contributed by atoms with Crippen molar-refractivity contribution in [2.24, 2.45) is 0 Å². The van der Waals surface area contributed by atoms with Crippen LogP contribution in [0.5, 0.6) is 5.75 Å². The van der Waals surface area contributed by atoms with E-state index in [1.165, 1.54) is 0 Å². The Morgan fingerprint density at radius 2 is 1.85 bits per heavy atom. The third kappa shape index (κ3) is 2.23. The Morgan fingerprint density at radius 1 is 1.05 bits per heavy atom. The fraction of sp³-hybridized carbons (Fsp3) is 0.0625. The number of nitrogen functional groups attached to an aromatic ring is 1. The zero-order chi connectivity index (χ0) is 13.9. The molecule has 0 amide bonds. The number of nitrogens with one attached hydrogen (secondary N) is 1. The highest BCUT2D eigenvalue weighted by Gasteiger charge is 2.10. The Labute approximate surface area is 117 Å². The molecule has 0 fully saturated rings. The van der Waals surface area contributed by atoms with Crippen molar-refractivity contribution < 1.29 is 4.74 Å². The standard InChI is InChI=1S/C16H15N3O/c1-20-16-9-12(17)7-8-13(16)15-10-14(18-19-15)11-5-3-2-4-6-11/h2-10H,17H2,1H3,(H,18,19). The number of ether oxygens (including phenoxy) is 1. The molecule has 0 spiro atoms. The number of H-pyrrole nitrogens is 1. The quantitative estimate of drug-likeness (QED) is 0.714. The van der Waals surface area contributed by atoms with Gasteiger partial charge in [0.15, 0.2) is 0 Å². The molecule has 20 heavy (non-hydrogen) atoms. The summed E-state index contributed by atoms with van der Waals surface area (Å²) in [4.78, 5) is 0. The number of anilines is 1. The molecule has 0 radical (unpaired) electrons. The molecule has 4 nitrogen and oxygen atoms in total. The minimum Gasteiger partial charge on any atom is -0.496 e. The molecule has 0 saturated carbocycles. The molecule has 1 aromatic heterocycles. The minimum absolute atomic E-state index is 0.674. The smallest absolute Gasteiger partial charge is 0.130 e. The molecule has 0 saturated heterocycles. The summed E-state index contributed by atoms with van der Waals surface area (Å²) in [5.74, 6) is 0.730. The van der Waals surface area contributed by atoms with Crippen molar-refractivity contribution in [1.29, 1.82) is 0 Å². The van der Waals surface area contributed by atoms with Gasteiger partial charge < -0.3 is 10.5 Å². The van der Waals surface area contributed by atoms with Crippen LogP contribution < -0.4 is 10.5 Å². The van der Waals surface area contributed by atoms with Gasteiger partial charge in [0.2, 0.25) is 0 Å². The molecule has 2 aromatic carbocycles. The van der Waals surface area contributed by atoms with Crippen molar-refractivity contribution in [3.63, 3.8) is 0 Å². The van der Waals surface area contributed by atoms with Gasteiger partial charge in [-0.25, -0.2) is 0 Å². The Hall–Kier alpha value is -2.75. The lowest BCUT2D eigenvalue weighted by Crippen LogP contribution is -1.91. The first-order valence-corrected chi connectivity index (χ1v) is 6.32. The summed E-state index contributed by atoms with van der Waals surface area (Å²) < 4.78 is 5.37. The van der Waals surface area contributed by atoms with Gasteiger partial charge in [-0.2, -0.15) is 5.10 Å². The summed E-state index contributed by atoms with van der Waals surface area (Å²) >= 11 is 0. The Bertz CT molecular complexity index is 720. The fourth-order valence-electron chi connectivity index (χ4n) is 2.15. The number of methoxy groups -OCH3 is 1. The second kappa shape index (κ2) is 5.09. The van der Waals surface area contributed by atoms with Crippen molar-refractivity contribution in [2.75, 3.05) is 12.8 Å². The van der Waals surface area contributed by atoms with E-state index in [1.807, 2.05) is 48.5 Å². The number of nitrogens with two attached hydrogens (primary N) is 1. The molecule has 0 bridgehead atoms. The van der Waals surface area contributed by atoms with E-state index in [2.05, 4.69) is 10.2 Å². The van der Waals surface area contributed by atoms with Crippen LogP contribution in [-0.4, -0.2) is 17.3 Å². The summed E-state index contributed by atoms with van der Waals surface area (Å²) in [7, 11) is 1.63. The summed E-state index contributed by atoms with van der Waals surface area (Å²) in [5, 5.41) is 7.39. The molecule has 100 valence electrons. The first kappa shape index (κ1) is 12.3. The maximum Gasteiger partial charge on any atom is 0.130 e. The predicted octanol–water partition coefficient (Wildman–Crippen LogP) is 3.33. The molecule has 3 rings (SSSR count). The highest BCUT2D eigenvalue weighted by atomic mass is 16.5. The number of rotatable bonds is 3. The van der Waals surface area contributed by atoms with Crippen LogP contribution in [-0.2, 0) is 0 Å². The number of hydrogen-bond acceptors (Lipinski definition) is 3. The second-order valence-electron chi connectivity index (χ2n) is 4.49. The van der Waals surface area contributed by atoms with Gasteiger partial charge in [0.05, 0.1) is 18.5 Å². The molecule has 3 aromatic rings. The van der Waals surface area contributed by atoms with E-state index in [0.717, 1.165) is 28.3 Å². The average Bonchev–Trinajstić information content (AvgIpc) is 2.97. The van der Waals surface area contributed by atoms with Crippen LogP contribution in [0.1, 0.15) is 0 Å². The molecule has 3 N–H and O–H groups in total. The van der Waals surface area contributed by atoms with Gasteiger partial charge >= 0.3 is 0 Å².